The Bertz CT molecular complexity index is 683. The second kappa shape index (κ2) is 7.54. The molecule has 0 amide bonds. The Morgan fingerprint density at radius 3 is 2.36 bits per heavy atom. The molecule has 1 unspecified atom stereocenters. The number of carbonyl (C=O) groups excluding carboxylic acids is 2. The molecule has 25 heavy (non-hydrogen) atoms. The van der Waals surface area contributed by atoms with Crippen LogP contribution in [0.15, 0.2) is 29.4 Å². The molecular weight excluding hydrogens is 343 g/mol. The van der Waals surface area contributed by atoms with Crippen molar-refractivity contribution in [2.24, 2.45) is 11.1 Å². The molecule has 0 saturated heterocycles. The maximum Gasteiger partial charge on any atom is 0.429 e. The van der Waals surface area contributed by atoms with Crippen LogP contribution < -0.4 is 0 Å². The minimum atomic E-state index is -4.87. The first-order valence-electron chi connectivity index (χ1n) is 7.35. The Morgan fingerprint density at radius 1 is 1.20 bits per heavy atom. The SMILES string of the molecule is CON=C(C(=O)OC)c1ccccc1C(OC(=O)C1CC1)C(F)(F)F. The van der Waals surface area contributed by atoms with Crippen molar-refractivity contribution in [2.45, 2.75) is 25.1 Å². The molecule has 0 heterocycles. The van der Waals surface area contributed by atoms with Crippen LogP contribution >= 0.6 is 0 Å². The van der Waals surface area contributed by atoms with Crippen LogP contribution in [0.25, 0.3) is 0 Å². The minimum Gasteiger partial charge on any atom is -0.464 e. The second-order valence-electron chi connectivity index (χ2n) is 5.33. The van der Waals surface area contributed by atoms with Gasteiger partial charge in [-0.1, -0.05) is 29.4 Å². The Balaban J connectivity index is 2.49. The summed E-state index contributed by atoms with van der Waals surface area (Å²) in [6.45, 7) is 0. The van der Waals surface area contributed by atoms with Crippen molar-refractivity contribution in [3.8, 4) is 0 Å². The van der Waals surface area contributed by atoms with E-state index in [1.54, 1.807) is 0 Å². The van der Waals surface area contributed by atoms with Crippen molar-refractivity contribution in [1.82, 2.24) is 0 Å². The predicted octanol–water partition coefficient (Wildman–Crippen LogP) is 2.77. The highest BCUT2D eigenvalue weighted by Crippen LogP contribution is 2.40. The van der Waals surface area contributed by atoms with Crippen molar-refractivity contribution in [2.75, 3.05) is 14.2 Å². The highest BCUT2D eigenvalue weighted by atomic mass is 19.4. The van der Waals surface area contributed by atoms with Gasteiger partial charge >= 0.3 is 18.1 Å². The van der Waals surface area contributed by atoms with E-state index in [0.29, 0.717) is 12.8 Å². The maximum absolute atomic E-state index is 13.5. The summed E-state index contributed by atoms with van der Waals surface area (Å²) in [6.07, 6.45) is -6.38. The number of carbonyl (C=O) groups is 2. The Kier molecular flexibility index (Phi) is 5.66. The number of nitrogens with zero attached hydrogens (tertiary/aromatic N) is 1. The largest absolute Gasteiger partial charge is 0.464 e. The second-order valence-corrected chi connectivity index (χ2v) is 5.33. The molecule has 1 aromatic carbocycles. The molecular formula is C16H16F3NO5. The number of hydrogen-bond donors (Lipinski definition) is 0. The van der Waals surface area contributed by atoms with E-state index in [1.807, 2.05) is 0 Å². The summed E-state index contributed by atoms with van der Waals surface area (Å²) in [5, 5.41) is 3.45. The number of alkyl halides is 3. The van der Waals surface area contributed by atoms with Gasteiger partial charge in [-0.25, -0.2) is 4.79 Å². The van der Waals surface area contributed by atoms with Gasteiger partial charge in [-0.2, -0.15) is 13.2 Å². The third-order valence-electron chi connectivity index (χ3n) is 3.50. The van der Waals surface area contributed by atoms with Gasteiger partial charge < -0.3 is 14.3 Å². The van der Waals surface area contributed by atoms with Crippen molar-refractivity contribution >= 4 is 17.7 Å². The fraction of sp³-hybridized carbons (Fsp3) is 0.438. The molecule has 2 rings (SSSR count). The highest BCUT2D eigenvalue weighted by Gasteiger charge is 2.47. The number of esters is 2. The zero-order valence-electron chi connectivity index (χ0n) is 13.5. The maximum atomic E-state index is 13.5. The van der Waals surface area contributed by atoms with Crippen molar-refractivity contribution in [3.63, 3.8) is 0 Å². The molecule has 0 bridgehead atoms. The highest BCUT2D eigenvalue weighted by molar-refractivity contribution is 6.43. The normalized spacial score (nSPS) is 16.1. The number of ether oxygens (including phenoxy) is 2. The van der Waals surface area contributed by atoms with Gasteiger partial charge in [0.2, 0.25) is 6.10 Å². The molecule has 6 nitrogen and oxygen atoms in total. The van der Waals surface area contributed by atoms with E-state index in [9.17, 15) is 22.8 Å². The van der Waals surface area contributed by atoms with Crippen LogP contribution in [0.5, 0.6) is 0 Å². The summed E-state index contributed by atoms with van der Waals surface area (Å²) in [5.74, 6) is -2.41. The van der Waals surface area contributed by atoms with Crippen molar-refractivity contribution < 1.29 is 37.1 Å². The van der Waals surface area contributed by atoms with Crippen LogP contribution in [0, 0.1) is 5.92 Å². The van der Waals surface area contributed by atoms with Gasteiger partial charge in [0.25, 0.3) is 0 Å². The van der Waals surface area contributed by atoms with E-state index in [0.717, 1.165) is 20.3 Å². The first-order chi connectivity index (χ1) is 11.8. The summed E-state index contributed by atoms with van der Waals surface area (Å²) in [5.41, 5.74) is -1.08. The molecule has 1 aromatic rings. The molecule has 1 aliphatic carbocycles. The average Bonchev–Trinajstić information content (AvgIpc) is 3.41. The summed E-state index contributed by atoms with van der Waals surface area (Å²) < 4.78 is 49.7. The molecule has 136 valence electrons. The fourth-order valence-electron chi connectivity index (χ4n) is 2.16. The van der Waals surface area contributed by atoms with E-state index in [-0.39, 0.29) is 5.56 Å². The molecule has 0 radical (unpaired) electrons. The Labute approximate surface area is 141 Å². The van der Waals surface area contributed by atoms with E-state index >= 15 is 0 Å². The molecule has 0 aromatic heterocycles. The molecule has 1 fully saturated rings. The molecule has 0 aliphatic heterocycles. The zero-order chi connectivity index (χ0) is 18.6. The third-order valence-corrected chi connectivity index (χ3v) is 3.50. The summed E-state index contributed by atoms with van der Waals surface area (Å²) in [4.78, 5) is 28.1. The lowest BCUT2D eigenvalue weighted by molar-refractivity contribution is -0.224. The summed E-state index contributed by atoms with van der Waals surface area (Å²) in [7, 11) is 2.20. The number of methoxy groups -OCH3 is 1. The molecule has 1 atom stereocenters. The first-order valence-corrected chi connectivity index (χ1v) is 7.35. The van der Waals surface area contributed by atoms with E-state index in [4.69, 9.17) is 4.74 Å². The van der Waals surface area contributed by atoms with Gasteiger partial charge in [-0.3, -0.25) is 4.79 Å². The standard InChI is InChI=1S/C16H16F3NO5/c1-23-15(22)12(20-24-2)10-5-3-4-6-11(10)13(16(17,18)19)25-14(21)9-7-8-9/h3-6,9,13H,7-8H2,1-2H3. The van der Waals surface area contributed by atoms with Crippen LogP contribution in [0.1, 0.15) is 30.1 Å². The predicted molar refractivity (Wildman–Crippen MR) is 79.6 cm³/mol. The first kappa shape index (κ1) is 18.8. The molecule has 0 spiro atoms. The quantitative estimate of drug-likeness (QED) is 0.444. The van der Waals surface area contributed by atoms with Crippen molar-refractivity contribution in [1.29, 1.82) is 0 Å². The molecule has 9 heteroatoms. The van der Waals surface area contributed by atoms with Gasteiger partial charge in [-0.15, -0.1) is 0 Å². The lowest BCUT2D eigenvalue weighted by atomic mass is 9.98. The number of hydrogen-bond acceptors (Lipinski definition) is 6. The fourth-order valence-corrected chi connectivity index (χ4v) is 2.16. The Morgan fingerprint density at radius 2 is 1.84 bits per heavy atom. The van der Waals surface area contributed by atoms with Crippen LogP contribution in [0.2, 0.25) is 0 Å². The Hall–Kier alpha value is -2.58. The monoisotopic (exact) mass is 359 g/mol. The molecule has 0 N–H and O–H groups in total. The van der Waals surface area contributed by atoms with Gasteiger partial charge in [0.15, 0.2) is 5.71 Å². The van der Waals surface area contributed by atoms with Gasteiger partial charge in [-0.05, 0) is 12.8 Å². The molecule has 1 aliphatic rings. The topological polar surface area (TPSA) is 74.2 Å². The van der Waals surface area contributed by atoms with Crippen LogP contribution in [-0.4, -0.2) is 38.0 Å². The zero-order valence-corrected chi connectivity index (χ0v) is 13.5. The number of halogens is 3. The number of benzene rings is 1. The number of rotatable bonds is 6. The van der Waals surface area contributed by atoms with E-state index < -0.39 is 41.4 Å². The van der Waals surface area contributed by atoms with Crippen molar-refractivity contribution in [3.05, 3.63) is 35.4 Å². The van der Waals surface area contributed by atoms with E-state index in [1.165, 1.54) is 18.2 Å². The smallest absolute Gasteiger partial charge is 0.429 e. The van der Waals surface area contributed by atoms with E-state index in [2.05, 4.69) is 14.7 Å². The van der Waals surface area contributed by atoms with Gasteiger partial charge in [0.05, 0.1) is 13.0 Å². The van der Waals surface area contributed by atoms with Crippen LogP contribution in [0.4, 0.5) is 13.2 Å². The summed E-state index contributed by atoms with van der Waals surface area (Å²) in [6, 6.07) is 5.11. The van der Waals surface area contributed by atoms with Gasteiger partial charge in [0.1, 0.15) is 7.11 Å². The third kappa shape index (κ3) is 4.49. The van der Waals surface area contributed by atoms with Crippen LogP contribution in [-0.2, 0) is 23.9 Å². The average molecular weight is 359 g/mol. The lowest BCUT2D eigenvalue weighted by Gasteiger charge is -2.23. The minimum absolute atomic E-state index is 0.192. The van der Waals surface area contributed by atoms with Gasteiger partial charge in [0, 0.05) is 11.1 Å². The molecule has 1 saturated carbocycles. The number of oxime groups is 1. The lowest BCUT2D eigenvalue weighted by Crippen LogP contribution is -2.29. The van der Waals surface area contributed by atoms with Crippen LogP contribution in [0.3, 0.4) is 0 Å². The summed E-state index contributed by atoms with van der Waals surface area (Å²) >= 11 is 0.